The third-order valence-corrected chi connectivity index (χ3v) is 23.2. The largest absolute Gasteiger partial charge is 0.454 e. The van der Waals surface area contributed by atoms with Gasteiger partial charge in [0.15, 0.2) is 5.58 Å². The van der Waals surface area contributed by atoms with Crippen molar-refractivity contribution in [1.29, 1.82) is 0 Å². The van der Waals surface area contributed by atoms with Gasteiger partial charge in [-0.25, -0.2) is 0 Å². The first-order valence-corrected chi connectivity index (χ1v) is 33.0. The molecule has 0 radical (unpaired) electrons. The molecule has 0 amide bonds. The predicted octanol–water partition coefficient (Wildman–Crippen LogP) is 20.7. The minimum Gasteiger partial charge on any atom is -0.454 e. The van der Waals surface area contributed by atoms with Gasteiger partial charge in [-0.1, -0.05) is 217 Å². The van der Waals surface area contributed by atoms with Crippen LogP contribution in [0.4, 0.5) is 56.9 Å². The Morgan fingerprint density at radius 3 is 1.60 bits per heavy atom. The lowest BCUT2D eigenvalue weighted by molar-refractivity contribution is 0.195. The van der Waals surface area contributed by atoms with Crippen molar-refractivity contribution >= 4 is 102 Å². The Labute approximate surface area is 523 Å². The Bertz CT molecular complexity index is 4530. The van der Waals surface area contributed by atoms with E-state index in [2.05, 4.69) is 292 Å². The highest BCUT2D eigenvalue weighted by Crippen LogP contribution is 2.64. The summed E-state index contributed by atoms with van der Waals surface area (Å²) < 4.78 is 7.29. The average Bonchev–Trinajstić information content (AvgIpc) is 1.22. The quantitative estimate of drug-likeness (QED) is 0.160. The van der Waals surface area contributed by atoms with Gasteiger partial charge in [-0.3, -0.25) is 0 Å². The zero-order valence-electron chi connectivity index (χ0n) is 54.3. The van der Waals surface area contributed by atoms with Crippen LogP contribution in [0, 0.1) is 0 Å². The van der Waals surface area contributed by atoms with Crippen LogP contribution in [0.3, 0.4) is 0 Å². The number of para-hydroxylation sites is 3. The van der Waals surface area contributed by atoms with Gasteiger partial charge >= 0.3 is 0 Å². The molecule has 0 spiro atoms. The van der Waals surface area contributed by atoms with E-state index in [9.17, 15) is 0 Å². The fourth-order valence-electron chi connectivity index (χ4n) is 17.9. The van der Waals surface area contributed by atoms with Crippen molar-refractivity contribution in [3.05, 3.63) is 210 Å². The maximum atomic E-state index is 7.29. The first kappa shape index (κ1) is 55.4. The Morgan fingerprint density at radius 2 is 0.909 bits per heavy atom. The van der Waals surface area contributed by atoms with Gasteiger partial charge in [-0.2, -0.15) is 0 Å². The Hall–Kier alpha value is -7.96. The van der Waals surface area contributed by atoms with E-state index in [-0.39, 0.29) is 44.9 Å². The summed E-state index contributed by atoms with van der Waals surface area (Å²) in [6.07, 6.45) is 9.40. The van der Waals surface area contributed by atoms with E-state index in [0.717, 1.165) is 46.9 Å². The molecule has 5 nitrogen and oxygen atoms in total. The summed E-state index contributed by atoms with van der Waals surface area (Å²) in [6.45, 7) is 31.5. The molecule has 2 saturated carbocycles. The van der Waals surface area contributed by atoms with Crippen LogP contribution in [0.15, 0.2) is 186 Å². The number of benzene rings is 9. The number of rotatable bonds is 5. The number of hydrogen-bond acceptors (Lipinski definition) is 5. The summed E-state index contributed by atoms with van der Waals surface area (Å²) in [7, 11) is 0. The molecule has 16 rings (SSSR count). The molecule has 9 aromatic carbocycles. The van der Waals surface area contributed by atoms with Gasteiger partial charge in [0, 0.05) is 72.7 Å². The summed E-state index contributed by atoms with van der Waals surface area (Å²) >= 11 is 0. The van der Waals surface area contributed by atoms with E-state index in [1.165, 1.54) is 139 Å². The smallest absolute Gasteiger partial charge is 0.252 e. The summed E-state index contributed by atoms with van der Waals surface area (Å²) in [5.74, 6) is 0. The molecule has 6 heteroatoms. The lowest BCUT2D eigenvalue weighted by atomic mass is 9.33. The standard InChI is InChI=1S/C82H85BN4O/c1-76(2,3)53-34-39-65(60(46-53)52-26-15-14-16-27-52)84-68-41-36-55(78(7,8)9)48-64(68)83-63-38-37-56(86-67-40-35-54(77(4,5)6)47-62(67)80(11)43-22-24-45-82(80,86)13)49-70(63)85(69-32-25-29-59-58-28-17-20-33-73(58)88-75(59)69)72-51-57(50-71(84)74(72)83)87-66-31-19-18-30-61(66)79(10)42-21-23-44-81(79,87)12/h14-20,25-41,46-51H,21-24,42-45H2,1-13H3. The summed E-state index contributed by atoms with van der Waals surface area (Å²) in [4.78, 5) is 11.0. The third-order valence-electron chi connectivity index (χ3n) is 23.2. The fraction of sp³-hybridized carbons (Fsp3) is 0.341. The lowest BCUT2D eigenvalue weighted by Crippen LogP contribution is -2.62. The van der Waals surface area contributed by atoms with Crippen LogP contribution in [0.5, 0.6) is 0 Å². The molecule has 0 N–H and O–H groups in total. The molecule has 2 aliphatic carbocycles. The van der Waals surface area contributed by atoms with E-state index in [1.54, 1.807) is 0 Å². The fourth-order valence-corrected chi connectivity index (χ4v) is 17.9. The molecular weight excluding hydrogens is 1070 g/mol. The minimum absolute atomic E-state index is 0.0286. The molecule has 5 heterocycles. The van der Waals surface area contributed by atoms with Gasteiger partial charge in [-0.15, -0.1) is 0 Å². The van der Waals surface area contributed by atoms with Crippen molar-refractivity contribution in [1.82, 2.24) is 0 Å². The maximum Gasteiger partial charge on any atom is 0.252 e. The van der Waals surface area contributed by atoms with Gasteiger partial charge < -0.3 is 24.0 Å². The molecular formula is C82H85BN4O. The first-order valence-electron chi connectivity index (χ1n) is 33.0. The van der Waals surface area contributed by atoms with E-state index in [0.29, 0.717) is 0 Å². The van der Waals surface area contributed by atoms with Crippen LogP contribution in [0.1, 0.15) is 169 Å². The zero-order chi connectivity index (χ0) is 60.8. The van der Waals surface area contributed by atoms with E-state index < -0.39 is 0 Å². The molecule has 88 heavy (non-hydrogen) atoms. The van der Waals surface area contributed by atoms with Crippen LogP contribution in [0.2, 0.25) is 0 Å². The van der Waals surface area contributed by atoms with Crippen molar-refractivity contribution in [3.8, 4) is 11.1 Å². The molecule has 4 aliphatic heterocycles. The third kappa shape index (κ3) is 7.65. The second-order valence-corrected chi connectivity index (χ2v) is 31.2. The minimum atomic E-state index is -0.195. The molecule has 1 aromatic heterocycles. The SMILES string of the molecule is CC(C)(C)c1ccc2c(c1)B1c3ccc(N4c5ccc(C(C)(C)C)cc5C5(C)CCCCC45C)cc3N(c3cccc4c3oc3ccccc34)c3cc(N4c5ccccc5C5(C)CCCCC45C)cc(c31)N2c1ccc(C(C)(C)C)cc1-c1ccccc1. The predicted molar refractivity (Wildman–Crippen MR) is 375 cm³/mol. The molecule has 442 valence electrons. The highest BCUT2D eigenvalue weighted by atomic mass is 16.3. The molecule has 4 atom stereocenters. The molecule has 2 fully saturated rings. The first-order chi connectivity index (χ1) is 42.0. The van der Waals surface area contributed by atoms with E-state index >= 15 is 0 Å². The number of anilines is 10. The lowest BCUT2D eigenvalue weighted by Gasteiger charge is -2.51. The van der Waals surface area contributed by atoms with Crippen LogP contribution in [-0.2, 0) is 27.1 Å². The second kappa shape index (κ2) is 18.8. The molecule has 10 aromatic rings. The average molecular weight is 1150 g/mol. The number of nitrogens with zero attached hydrogens (tertiary/aromatic N) is 4. The highest BCUT2D eigenvalue weighted by molar-refractivity contribution is 7.00. The van der Waals surface area contributed by atoms with Crippen molar-refractivity contribution in [2.75, 3.05) is 19.6 Å². The topological polar surface area (TPSA) is 26.1 Å². The number of fused-ring (bicyclic) bond motifs is 13. The van der Waals surface area contributed by atoms with Gasteiger partial charge in [-0.05, 0) is 172 Å². The van der Waals surface area contributed by atoms with E-state index in [1.807, 2.05) is 0 Å². The normalized spacial score (nSPS) is 22.8. The number of hydrogen-bond donors (Lipinski definition) is 0. The summed E-state index contributed by atoms with van der Waals surface area (Å²) in [5, 5.41) is 2.26. The van der Waals surface area contributed by atoms with Gasteiger partial charge in [0.05, 0.1) is 22.5 Å². The van der Waals surface area contributed by atoms with Gasteiger partial charge in [0.25, 0.3) is 6.71 Å². The summed E-state index contributed by atoms with van der Waals surface area (Å²) in [5.41, 5.74) is 26.8. The number of furan rings is 1. The van der Waals surface area contributed by atoms with Gasteiger partial charge in [0.2, 0.25) is 0 Å². The highest BCUT2D eigenvalue weighted by Gasteiger charge is 2.60. The zero-order valence-corrected chi connectivity index (χ0v) is 54.3. The second-order valence-electron chi connectivity index (χ2n) is 31.2. The van der Waals surface area contributed by atoms with Gasteiger partial charge in [0.1, 0.15) is 5.58 Å². The Balaban J connectivity index is 1.05. The molecule has 0 saturated heterocycles. The maximum absolute atomic E-state index is 7.29. The van der Waals surface area contributed by atoms with E-state index in [4.69, 9.17) is 4.42 Å². The van der Waals surface area contributed by atoms with Crippen LogP contribution in [-0.4, -0.2) is 17.8 Å². The van der Waals surface area contributed by atoms with Crippen LogP contribution < -0.4 is 36.0 Å². The van der Waals surface area contributed by atoms with Crippen molar-refractivity contribution < 1.29 is 4.42 Å². The van der Waals surface area contributed by atoms with Crippen LogP contribution >= 0.6 is 0 Å². The Morgan fingerprint density at radius 1 is 0.386 bits per heavy atom. The molecule has 0 bridgehead atoms. The molecule has 6 aliphatic rings. The van der Waals surface area contributed by atoms with Crippen molar-refractivity contribution in [2.24, 2.45) is 0 Å². The Kier molecular flexibility index (Phi) is 11.8. The van der Waals surface area contributed by atoms with Crippen molar-refractivity contribution in [3.63, 3.8) is 0 Å². The monoisotopic (exact) mass is 1150 g/mol. The summed E-state index contributed by atoms with van der Waals surface area (Å²) in [6, 6.07) is 71.4. The van der Waals surface area contributed by atoms with Crippen molar-refractivity contribution in [2.45, 2.75) is 180 Å². The van der Waals surface area contributed by atoms with Crippen LogP contribution in [0.25, 0.3) is 33.1 Å². The molecule has 4 unspecified atom stereocenters.